The van der Waals surface area contributed by atoms with E-state index in [2.05, 4.69) is 45.6 Å². The molecule has 1 atom stereocenters. The predicted octanol–water partition coefficient (Wildman–Crippen LogP) is 5.00. The van der Waals surface area contributed by atoms with Gasteiger partial charge >= 0.3 is 0 Å². The molecular formula is C27H37ClN6OS. The highest BCUT2D eigenvalue weighted by Crippen LogP contribution is 2.35. The van der Waals surface area contributed by atoms with Crippen molar-refractivity contribution in [2.24, 2.45) is 5.92 Å². The number of aromatic nitrogens is 2. The molecule has 1 unspecified atom stereocenters. The SMILES string of the molecule is CC1CCCN(c2cc(N3CCCC3)nc(NC(=S)NCC3(c4ccc(Cl)cc4)CCOCC3)n2)C1. The number of halogens is 1. The Balaban J connectivity index is 1.31. The molecule has 0 amide bonds. The zero-order valence-electron chi connectivity index (χ0n) is 21.1. The Morgan fingerprint density at radius 3 is 2.42 bits per heavy atom. The molecule has 0 saturated carbocycles. The van der Waals surface area contributed by atoms with Crippen molar-refractivity contribution in [3.63, 3.8) is 0 Å². The summed E-state index contributed by atoms with van der Waals surface area (Å²) in [6, 6.07) is 10.3. The zero-order valence-corrected chi connectivity index (χ0v) is 22.7. The van der Waals surface area contributed by atoms with Crippen molar-refractivity contribution in [2.75, 3.05) is 61.1 Å². The van der Waals surface area contributed by atoms with E-state index in [1.807, 2.05) is 12.1 Å². The molecule has 0 bridgehead atoms. The maximum absolute atomic E-state index is 6.16. The van der Waals surface area contributed by atoms with Crippen LogP contribution in [0, 0.1) is 5.92 Å². The van der Waals surface area contributed by atoms with Crippen LogP contribution in [0.15, 0.2) is 30.3 Å². The first kappa shape index (κ1) is 25.5. The third-order valence-corrected chi connectivity index (χ3v) is 8.33. The molecule has 2 N–H and O–H groups in total. The molecule has 1 aromatic carbocycles. The minimum Gasteiger partial charge on any atom is -0.381 e. The molecule has 0 aliphatic carbocycles. The normalized spacial score (nSPS) is 21.9. The lowest BCUT2D eigenvalue weighted by Gasteiger charge is -2.38. The Labute approximate surface area is 225 Å². The van der Waals surface area contributed by atoms with E-state index in [1.165, 1.54) is 31.2 Å². The van der Waals surface area contributed by atoms with Crippen molar-refractivity contribution in [1.82, 2.24) is 15.3 Å². The summed E-state index contributed by atoms with van der Waals surface area (Å²) in [6.45, 7) is 8.67. The van der Waals surface area contributed by atoms with E-state index in [9.17, 15) is 0 Å². The summed E-state index contributed by atoms with van der Waals surface area (Å²) in [4.78, 5) is 14.5. The molecule has 0 radical (unpaired) electrons. The molecule has 2 aromatic rings. The van der Waals surface area contributed by atoms with E-state index in [0.717, 1.165) is 68.9 Å². The smallest absolute Gasteiger partial charge is 0.232 e. The van der Waals surface area contributed by atoms with Gasteiger partial charge in [0.25, 0.3) is 0 Å². The van der Waals surface area contributed by atoms with Crippen molar-refractivity contribution in [2.45, 2.75) is 50.9 Å². The number of rotatable bonds is 6. The molecule has 36 heavy (non-hydrogen) atoms. The largest absolute Gasteiger partial charge is 0.381 e. The zero-order chi connectivity index (χ0) is 25.0. The average molecular weight is 529 g/mol. The van der Waals surface area contributed by atoms with Gasteiger partial charge in [0.15, 0.2) is 5.11 Å². The summed E-state index contributed by atoms with van der Waals surface area (Å²) in [5, 5.41) is 8.08. The van der Waals surface area contributed by atoms with E-state index < -0.39 is 0 Å². The van der Waals surface area contributed by atoms with E-state index in [1.54, 1.807) is 0 Å². The quantitative estimate of drug-likeness (QED) is 0.508. The Kier molecular flexibility index (Phi) is 8.13. The van der Waals surface area contributed by atoms with Crippen LogP contribution in [0.25, 0.3) is 0 Å². The molecule has 9 heteroatoms. The molecule has 0 spiro atoms. The van der Waals surface area contributed by atoms with Crippen LogP contribution < -0.4 is 20.4 Å². The molecule has 3 saturated heterocycles. The van der Waals surface area contributed by atoms with Gasteiger partial charge in [-0.2, -0.15) is 9.97 Å². The lowest BCUT2D eigenvalue weighted by Crippen LogP contribution is -2.45. The average Bonchev–Trinajstić information content (AvgIpc) is 3.44. The highest BCUT2D eigenvalue weighted by molar-refractivity contribution is 7.80. The van der Waals surface area contributed by atoms with Crippen molar-refractivity contribution >= 4 is 46.5 Å². The van der Waals surface area contributed by atoms with Crippen LogP contribution in [0.2, 0.25) is 5.02 Å². The third-order valence-electron chi connectivity index (χ3n) is 7.83. The summed E-state index contributed by atoms with van der Waals surface area (Å²) in [5.74, 6) is 3.22. The highest BCUT2D eigenvalue weighted by atomic mass is 35.5. The van der Waals surface area contributed by atoms with E-state index in [4.69, 9.17) is 38.5 Å². The van der Waals surface area contributed by atoms with Crippen LogP contribution in [0.5, 0.6) is 0 Å². The van der Waals surface area contributed by atoms with E-state index >= 15 is 0 Å². The van der Waals surface area contributed by atoms with Gasteiger partial charge in [0.1, 0.15) is 11.6 Å². The first-order valence-electron chi connectivity index (χ1n) is 13.3. The molecule has 3 aliphatic rings. The van der Waals surface area contributed by atoms with Gasteiger partial charge in [-0.05, 0) is 74.4 Å². The maximum Gasteiger partial charge on any atom is 0.232 e. The minimum absolute atomic E-state index is 0.0536. The first-order valence-corrected chi connectivity index (χ1v) is 14.1. The van der Waals surface area contributed by atoms with Crippen LogP contribution in [-0.4, -0.2) is 61.0 Å². The predicted molar refractivity (Wildman–Crippen MR) is 151 cm³/mol. The number of anilines is 3. The number of piperidine rings is 1. The summed E-state index contributed by atoms with van der Waals surface area (Å²) in [6.07, 6.45) is 6.76. The number of hydrogen-bond acceptors (Lipinski definition) is 6. The monoisotopic (exact) mass is 528 g/mol. The van der Waals surface area contributed by atoms with Gasteiger partial charge in [-0.3, -0.25) is 0 Å². The first-order chi connectivity index (χ1) is 17.5. The maximum atomic E-state index is 6.16. The number of benzene rings is 1. The molecule has 4 heterocycles. The Morgan fingerprint density at radius 2 is 1.72 bits per heavy atom. The van der Waals surface area contributed by atoms with Gasteiger partial charge in [-0.15, -0.1) is 0 Å². The topological polar surface area (TPSA) is 65.5 Å². The fraction of sp³-hybridized carbons (Fsp3) is 0.593. The molecular weight excluding hydrogens is 492 g/mol. The van der Waals surface area contributed by atoms with E-state index in [0.29, 0.717) is 23.5 Å². The summed E-state index contributed by atoms with van der Waals surface area (Å²) in [5.41, 5.74) is 1.21. The molecule has 3 fully saturated rings. The fourth-order valence-corrected chi connectivity index (χ4v) is 5.96. The number of hydrogen-bond donors (Lipinski definition) is 2. The Morgan fingerprint density at radius 1 is 1.06 bits per heavy atom. The second-order valence-electron chi connectivity index (χ2n) is 10.5. The van der Waals surface area contributed by atoms with Gasteiger partial charge in [0.05, 0.1) is 0 Å². The van der Waals surface area contributed by atoms with Crippen LogP contribution in [-0.2, 0) is 10.2 Å². The second kappa shape index (κ2) is 11.5. The summed E-state index contributed by atoms with van der Waals surface area (Å²) < 4.78 is 5.68. The van der Waals surface area contributed by atoms with Crippen LogP contribution in [0.4, 0.5) is 17.6 Å². The summed E-state index contributed by atoms with van der Waals surface area (Å²) in [7, 11) is 0. The van der Waals surface area contributed by atoms with Crippen LogP contribution in [0.1, 0.15) is 51.0 Å². The summed E-state index contributed by atoms with van der Waals surface area (Å²) >= 11 is 11.9. The lowest BCUT2D eigenvalue weighted by atomic mass is 9.74. The second-order valence-corrected chi connectivity index (χ2v) is 11.3. The molecule has 3 aliphatic heterocycles. The molecule has 1 aromatic heterocycles. The number of thiocarbonyl (C=S) groups is 1. The standard InChI is InChI=1S/C27H37ClN6OS/c1-20-5-4-14-34(18-20)24-17-23(33-12-2-3-13-33)30-25(31-24)32-26(36)29-19-27(10-15-35-16-11-27)21-6-8-22(28)9-7-21/h6-9,17,20H,2-5,10-16,18-19H2,1H3,(H2,29,30,31,32,36). The molecule has 5 rings (SSSR count). The van der Waals surface area contributed by atoms with Gasteiger partial charge in [-0.25, -0.2) is 0 Å². The highest BCUT2D eigenvalue weighted by Gasteiger charge is 2.34. The number of nitrogens with one attached hydrogen (secondary N) is 2. The Bertz CT molecular complexity index is 1040. The molecule has 7 nitrogen and oxygen atoms in total. The van der Waals surface area contributed by atoms with Crippen molar-refractivity contribution < 1.29 is 4.74 Å². The van der Waals surface area contributed by atoms with Crippen molar-refractivity contribution in [3.05, 3.63) is 40.9 Å². The van der Waals surface area contributed by atoms with Gasteiger partial charge in [0, 0.05) is 62.4 Å². The van der Waals surface area contributed by atoms with E-state index in [-0.39, 0.29) is 5.41 Å². The number of nitrogens with zero attached hydrogens (tertiary/aromatic N) is 4. The number of ether oxygens (including phenoxy) is 1. The van der Waals surface area contributed by atoms with Crippen LogP contribution >= 0.6 is 23.8 Å². The third kappa shape index (κ3) is 6.03. The van der Waals surface area contributed by atoms with Crippen LogP contribution in [0.3, 0.4) is 0 Å². The van der Waals surface area contributed by atoms with Gasteiger partial charge < -0.3 is 25.2 Å². The van der Waals surface area contributed by atoms with Gasteiger partial charge in [0.2, 0.25) is 5.95 Å². The van der Waals surface area contributed by atoms with Crippen molar-refractivity contribution in [1.29, 1.82) is 0 Å². The van der Waals surface area contributed by atoms with Gasteiger partial charge in [-0.1, -0.05) is 30.7 Å². The molecule has 194 valence electrons. The lowest BCUT2D eigenvalue weighted by molar-refractivity contribution is 0.0515. The van der Waals surface area contributed by atoms with Crippen molar-refractivity contribution in [3.8, 4) is 0 Å². The minimum atomic E-state index is -0.0536. The Hall–Kier alpha value is -2.16. The fourth-order valence-electron chi connectivity index (χ4n) is 5.67.